The molecule has 1 fully saturated rings. The third kappa shape index (κ3) is 4.00. The minimum atomic E-state index is -0.0952. The number of furan rings is 1. The summed E-state index contributed by atoms with van der Waals surface area (Å²) in [5.74, 6) is 1.49. The third-order valence-electron chi connectivity index (χ3n) is 3.90. The molecule has 23 heavy (non-hydrogen) atoms. The van der Waals surface area contributed by atoms with E-state index >= 15 is 0 Å². The summed E-state index contributed by atoms with van der Waals surface area (Å²) in [7, 11) is 1.76. The lowest BCUT2D eigenvalue weighted by molar-refractivity contribution is 0.197. The van der Waals surface area contributed by atoms with Crippen LogP contribution < -0.4 is 10.2 Å². The number of amides is 2. The van der Waals surface area contributed by atoms with E-state index in [1.54, 1.807) is 36.7 Å². The number of piperidine rings is 1. The van der Waals surface area contributed by atoms with Gasteiger partial charge in [0.25, 0.3) is 0 Å². The highest BCUT2D eigenvalue weighted by Crippen LogP contribution is 2.15. The van der Waals surface area contributed by atoms with Gasteiger partial charge in [-0.15, -0.1) is 0 Å². The average Bonchev–Trinajstić information content (AvgIpc) is 3.09. The van der Waals surface area contributed by atoms with Gasteiger partial charge in [0.1, 0.15) is 5.76 Å². The van der Waals surface area contributed by atoms with E-state index in [0.29, 0.717) is 6.54 Å². The van der Waals surface area contributed by atoms with E-state index in [2.05, 4.69) is 20.2 Å². The zero-order chi connectivity index (χ0) is 16.1. The molecule has 7 heteroatoms. The Hall–Kier alpha value is -2.57. The van der Waals surface area contributed by atoms with Crippen LogP contribution in [0.15, 0.2) is 41.3 Å². The maximum atomic E-state index is 12.3. The lowest BCUT2D eigenvalue weighted by Crippen LogP contribution is -2.51. The van der Waals surface area contributed by atoms with E-state index in [0.717, 1.165) is 37.6 Å². The Morgan fingerprint density at radius 3 is 3.00 bits per heavy atom. The number of aromatic nitrogens is 2. The molecule has 3 rings (SSSR count). The van der Waals surface area contributed by atoms with Crippen molar-refractivity contribution in [3.05, 3.63) is 42.6 Å². The quantitative estimate of drug-likeness (QED) is 0.932. The van der Waals surface area contributed by atoms with Crippen molar-refractivity contribution in [3.63, 3.8) is 0 Å². The van der Waals surface area contributed by atoms with Gasteiger partial charge in [-0.2, -0.15) is 0 Å². The topological polar surface area (TPSA) is 74.5 Å². The van der Waals surface area contributed by atoms with Crippen molar-refractivity contribution in [3.8, 4) is 0 Å². The fourth-order valence-corrected chi connectivity index (χ4v) is 2.72. The van der Waals surface area contributed by atoms with Gasteiger partial charge in [-0.3, -0.25) is 0 Å². The van der Waals surface area contributed by atoms with Gasteiger partial charge in [-0.05, 0) is 31.0 Å². The molecule has 0 radical (unpaired) electrons. The Bertz CT molecular complexity index is 617. The number of anilines is 1. The third-order valence-corrected chi connectivity index (χ3v) is 3.90. The van der Waals surface area contributed by atoms with Gasteiger partial charge in [0.05, 0.1) is 12.8 Å². The van der Waals surface area contributed by atoms with Gasteiger partial charge in [-0.25, -0.2) is 14.8 Å². The maximum absolute atomic E-state index is 12.3. The van der Waals surface area contributed by atoms with Crippen LogP contribution in [0.5, 0.6) is 0 Å². The predicted molar refractivity (Wildman–Crippen MR) is 86.0 cm³/mol. The largest absolute Gasteiger partial charge is 0.467 e. The number of hydrogen-bond acceptors (Lipinski definition) is 5. The van der Waals surface area contributed by atoms with Crippen molar-refractivity contribution >= 4 is 12.0 Å². The summed E-state index contributed by atoms with van der Waals surface area (Å²) in [6.07, 6.45) is 7.05. The van der Waals surface area contributed by atoms with Crippen LogP contribution in [0.1, 0.15) is 18.6 Å². The number of rotatable bonds is 4. The monoisotopic (exact) mass is 315 g/mol. The van der Waals surface area contributed by atoms with Crippen LogP contribution in [0, 0.1) is 0 Å². The van der Waals surface area contributed by atoms with Gasteiger partial charge in [0.2, 0.25) is 5.95 Å². The van der Waals surface area contributed by atoms with Gasteiger partial charge in [0, 0.05) is 38.6 Å². The normalized spacial score (nSPS) is 17.8. The van der Waals surface area contributed by atoms with Gasteiger partial charge in [-0.1, -0.05) is 0 Å². The molecule has 1 aliphatic heterocycles. The van der Waals surface area contributed by atoms with Crippen molar-refractivity contribution in [1.29, 1.82) is 0 Å². The lowest BCUT2D eigenvalue weighted by Gasteiger charge is -2.33. The number of hydrogen-bond donors (Lipinski definition) is 1. The van der Waals surface area contributed by atoms with E-state index in [-0.39, 0.29) is 12.1 Å². The molecule has 1 aliphatic rings. The Morgan fingerprint density at radius 2 is 2.26 bits per heavy atom. The maximum Gasteiger partial charge on any atom is 0.317 e. The second kappa shape index (κ2) is 7.13. The molecule has 0 saturated carbocycles. The van der Waals surface area contributed by atoms with Gasteiger partial charge in [0.15, 0.2) is 0 Å². The molecule has 0 unspecified atom stereocenters. The summed E-state index contributed by atoms with van der Waals surface area (Å²) in [5.41, 5.74) is 0. The van der Waals surface area contributed by atoms with Crippen molar-refractivity contribution in [2.75, 3.05) is 25.0 Å². The van der Waals surface area contributed by atoms with Crippen LogP contribution in [0.2, 0.25) is 0 Å². The first-order chi connectivity index (χ1) is 11.2. The minimum absolute atomic E-state index is 0.0952. The second-order valence-electron chi connectivity index (χ2n) is 5.72. The van der Waals surface area contributed by atoms with E-state index in [9.17, 15) is 4.79 Å². The van der Waals surface area contributed by atoms with Crippen LogP contribution in [-0.4, -0.2) is 47.1 Å². The lowest BCUT2D eigenvalue weighted by atomic mass is 10.1. The smallest absolute Gasteiger partial charge is 0.317 e. The van der Waals surface area contributed by atoms with Crippen molar-refractivity contribution in [1.82, 2.24) is 20.2 Å². The molecule has 1 N–H and O–H groups in total. The molecular formula is C16H21N5O2. The van der Waals surface area contributed by atoms with Crippen molar-refractivity contribution < 1.29 is 9.21 Å². The van der Waals surface area contributed by atoms with E-state index in [4.69, 9.17) is 4.42 Å². The van der Waals surface area contributed by atoms with Crippen LogP contribution >= 0.6 is 0 Å². The SMILES string of the molecule is CN(Cc1ccco1)C(=O)N[C@H]1CCCN(c2ncccn2)C1. The number of nitrogens with one attached hydrogen (secondary N) is 1. The zero-order valence-electron chi connectivity index (χ0n) is 13.2. The molecular weight excluding hydrogens is 294 g/mol. The Balaban J connectivity index is 1.54. The molecule has 2 aromatic heterocycles. The van der Waals surface area contributed by atoms with Gasteiger partial charge < -0.3 is 19.5 Å². The van der Waals surface area contributed by atoms with E-state index < -0.39 is 0 Å². The Morgan fingerprint density at radius 1 is 1.43 bits per heavy atom. The molecule has 122 valence electrons. The standard InChI is InChI=1S/C16H21N5O2/c1-20(12-14-6-3-10-23-14)16(22)19-13-5-2-9-21(11-13)15-17-7-4-8-18-15/h3-4,6-8,10,13H,2,5,9,11-12H2,1H3,(H,19,22)/t13-/m0/s1. The molecule has 3 heterocycles. The minimum Gasteiger partial charge on any atom is -0.467 e. The average molecular weight is 315 g/mol. The Labute approximate surface area is 135 Å². The first-order valence-corrected chi connectivity index (χ1v) is 7.78. The molecule has 2 amide bonds. The van der Waals surface area contributed by atoms with Crippen molar-refractivity contribution in [2.24, 2.45) is 0 Å². The summed E-state index contributed by atoms with van der Waals surface area (Å²) in [6, 6.07) is 5.48. The molecule has 1 atom stereocenters. The fraction of sp³-hybridized carbons (Fsp3) is 0.438. The number of nitrogens with zero attached hydrogens (tertiary/aromatic N) is 4. The molecule has 1 saturated heterocycles. The highest BCUT2D eigenvalue weighted by molar-refractivity contribution is 5.74. The number of carbonyl (C=O) groups is 1. The van der Waals surface area contributed by atoms with Gasteiger partial charge >= 0.3 is 6.03 Å². The zero-order valence-corrected chi connectivity index (χ0v) is 13.2. The van der Waals surface area contributed by atoms with Crippen molar-refractivity contribution in [2.45, 2.75) is 25.4 Å². The first kappa shape index (κ1) is 15.3. The van der Waals surface area contributed by atoms with E-state index in [1.807, 2.05) is 12.1 Å². The molecule has 0 aromatic carbocycles. The molecule has 0 bridgehead atoms. The predicted octanol–water partition coefficient (Wildman–Crippen LogP) is 1.88. The van der Waals surface area contributed by atoms with Crippen LogP contribution in [-0.2, 0) is 6.54 Å². The summed E-state index contributed by atoms with van der Waals surface area (Å²) >= 11 is 0. The van der Waals surface area contributed by atoms with Crippen LogP contribution in [0.25, 0.3) is 0 Å². The first-order valence-electron chi connectivity index (χ1n) is 7.78. The molecule has 0 spiro atoms. The highest BCUT2D eigenvalue weighted by Gasteiger charge is 2.24. The van der Waals surface area contributed by atoms with Crippen LogP contribution in [0.3, 0.4) is 0 Å². The number of carbonyl (C=O) groups excluding carboxylic acids is 1. The molecule has 2 aromatic rings. The van der Waals surface area contributed by atoms with E-state index in [1.165, 1.54) is 0 Å². The molecule has 0 aliphatic carbocycles. The van der Waals surface area contributed by atoms with Crippen LogP contribution in [0.4, 0.5) is 10.7 Å². The number of urea groups is 1. The fourth-order valence-electron chi connectivity index (χ4n) is 2.72. The summed E-state index contributed by atoms with van der Waals surface area (Å²) in [6.45, 7) is 2.10. The molecule has 7 nitrogen and oxygen atoms in total. The summed E-state index contributed by atoms with van der Waals surface area (Å²) in [4.78, 5) is 24.6. The Kier molecular flexibility index (Phi) is 4.75. The second-order valence-corrected chi connectivity index (χ2v) is 5.72. The summed E-state index contributed by atoms with van der Waals surface area (Å²) in [5, 5.41) is 3.08. The summed E-state index contributed by atoms with van der Waals surface area (Å²) < 4.78 is 5.27. The highest BCUT2D eigenvalue weighted by atomic mass is 16.3.